The first-order chi connectivity index (χ1) is 12.9. The number of hydrogen-bond donors (Lipinski definition) is 2. The average Bonchev–Trinajstić information content (AvgIpc) is 3.11. The SMILES string of the molecule is CN=C(NCC(C)Oc1cccc(F)c1)NCC1(C(=O)N(C)C)CCCC1.I. The number of amides is 1. The molecule has 1 aromatic carbocycles. The van der Waals surface area contributed by atoms with Crippen LogP contribution >= 0.6 is 24.0 Å². The Balaban J connectivity index is 0.00000392. The molecule has 0 bridgehead atoms. The van der Waals surface area contributed by atoms with E-state index < -0.39 is 0 Å². The molecule has 0 spiro atoms. The van der Waals surface area contributed by atoms with Crippen LogP contribution in [0.15, 0.2) is 29.3 Å². The molecule has 1 atom stereocenters. The van der Waals surface area contributed by atoms with Crippen LogP contribution in [0.1, 0.15) is 32.6 Å². The molecule has 1 amide bonds. The number of ether oxygens (including phenoxy) is 1. The highest BCUT2D eigenvalue weighted by atomic mass is 127. The standard InChI is InChI=1S/C20H31FN4O2.HI/c1-15(27-17-9-7-8-16(21)12-17)13-23-19(22-2)24-14-20(10-5-6-11-20)18(26)25(3)4;/h7-9,12,15H,5-6,10-11,13-14H2,1-4H3,(H2,22,23,24);1H. The van der Waals surface area contributed by atoms with E-state index in [0.717, 1.165) is 25.7 Å². The van der Waals surface area contributed by atoms with Crippen molar-refractivity contribution < 1.29 is 13.9 Å². The molecule has 1 unspecified atom stereocenters. The summed E-state index contributed by atoms with van der Waals surface area (Å²) in [6, 6.07) is 6.09. The Bertz CT molecular complexity index is 663. The molecule has 0 radical (unpaired) electrons. The number of nitrogens with one attached hydrogen (secondary N) is 2. The van der Waals surface area contributed by atoms with E-state index in [1.54, 1.807) is 38.2 Å². The van der Waals surface area contributed by atoms with Gasteiger partial charge in [0, 0.05) is 33.8 Å². The minimum Gasteiger partial charge on any atom is -0.489 e. The van der Waals surface area contributed by atoms with Gasteiger partial charge < -0.3 is 20.3 Å². The molecule has 0 aromatic heterocycles. The van der Waals surface area contributed by atoms with Crippen LogP contribution < -0.4 is 15.4 Å². The van der Waals surface area contributed by atoms with E-state index >= 15 is 0 Å². The third-order valence-corrected chi connectivity index (χ3v) is 4.93. The highest BCUT2D eigenvalue weighted by Gasteiger charge is 2.42. The monoisotopic (exact) mass is 506 g/mol. The molecule has 0 aliphatic heterocycles. The molecule has 158 valence electrons. The molecule has 1 aliphatic carbocycles. The van der Waals surface area contributed by atoms with E-state index in [1.165, 1.54) is 12.1 Å². The Morgan fingerprint density at radius 1 is 1.32 bits per heavy atom. The van der Waals surface area contributed by atoms with Crippen molar-refractivity contribution in [2.24, 2.45) is 10.4 Å². The molecule has 1 fully saturated rings. The van der Waals surface area contributed by atoms with Crippen molar-refractivity contribution >= 4 is 35.8 Å². The van der Waals surface area contributed by atoms with Crippen LogP contribution in [-0.4, -0.2) is 57.1 Å². The summed E-state index contributed by atoms with van der Waals surface area (Å²) in [6.07, 6.45) is 3.77. The molecular weight excluding hydrogens is 474 g/mol. The van der Waals surface area contributed by atoms with Gasteiger partial charge in [0.15, 0.2) is 5.96 Å². The van der Waals surface area contributed by atoms with Gasteiger partial charge in [0.05, 0.1) is 12.0 Å². The molecule has 1 aliphatic rings. The van der Waals surface area contributed by atoms with Crippen molar-refractivity contribution in [1.29, 1.82) is 0 Å². The normalized spacial score (nSPS) is 16.7. The fourth-order valence-corrected chi connectivity index (χ4v) is 3.52. The number of carbonyl (C=O) groups is 1. The largest absolute Gasteiger partial charge is 0.489 e. The number of guanidine groups is 1. The molecule has 2 N–H and O–H groups in total. The molecule has 6 nitrogen and oxygen atoms in total. The van der Waals surface area contributed by atoms with Gasteiger partial charge in [-0.3, -0.25) is 9.79 Å². The zero-order valence-electron chi connectivity index (χ0n) is 17.1. The lowest BCUT2D eigenvalue weighted by Gasteiger charge is -2.31. The third kappa shape index (κ3) is 6.79. The summed E-state index contributed by atoms with van der Waals surface area (Å²) in [6.45, 7) is 2.97. The fourth-order valence-electron chi connectivity index (χ4n) is 3.52. The second-order valence-corrected chi connectivity index (χ2v) is 7.38. The minimum absolute atomic E-state index is 0. The molecular formula is C20H32FIN4O2. The molecule has 0 heterocycles. The van der Waals surface area contributed by atoms with Gasteiger partial charge in [-0.1, -0.05) is 18.9 Å². The number of rotatable bonds is 7. The van der Waals surface area contributed by atoms with Crippen LogP contribution in [0.4, 0.5) is 4.39 Å². The van der Waals surface area contributed by atoms with E-state index in [0.29, 0.717) is 24.8 Å². The summed E-state index contributed by atoms with van der Waals surface area (Å²) >= 11 is 0. The van der Waals surface area contributed by atoms with Gasteiger partial charge in [0.2, 0.25) is 5.91 Å². The van der Waals surface area contributed by atoms with E-state index in [-0.39, 0.29) is 47.2 Å². The number of nitrogens with zero attached hydrogens (tertiary/aromatic N) is 2. The number of aliphatic imine (C=N–C) groups is 1. The topological polar surface area (TPSA) is 66.0 Å². The lowest BCUT2D eigenvalue weighted by atomic mass is 9.84. The van der Waals surface area contributed by atoms with Gasteiger partial charge in [-0.05, 0) is 31.9 Å². The number of hydrogen-bond acceptors (Lipinski definition) is 3. The van der Waals surface area contributed by atoms with Crippen LogP contribution in [0, 0.1) is 11.2 Å². The predicted molar refractivity (Wildman–Crippen MR) is 121 cm³/mol. The maximum Gasteiger partial charge on any atom is 0.230 e. The Kier molecular flexibility index (Phi) is 9.98. The van der Waals surface area contributed by atoms with Gasteiger partial charge >= 0.3 is 0 Å². The highest BCUT2D eigenvalue weighted by Crippen LogP contribution is 2.38. The van der Waals surface area contributed by atoms with Crippen LogP contribution in [0.25, 0.3) is 0 Å². The molecule has 28 heavy (non-hydrogen) atoms. The molecule has 2 rings (SSSR count). The van der Waals surface area contributed by atoms with Gasteiger partial charge in [-0.25, -0.2) is 4.39 Å². The second-order valence-electron chi connectivity index (χ2n) is 7.38. The van der Waals surface area contributed by atoms with E-state index in [9.17, 15) is 9.18 Å². The van der Waals surface area contributed by atoms with Crippen molar-refractivity contribution in [3.05, 3.63) is 30.1 Å². The predicted octanol–water partition coefficient (Wildman–Crippen LogP) is 3.02. The lowest BCUT2D eigenvalue weighted by molar-refractivity contribution is -0.138. The Morgan fingerprint density at radius 2 is 2.00 bits per heavy atom. The van der Waals surface area contributed by atoms with Crippen molar-refractivity contribution in [2.45, 2.75) is 38.7 Å². The fraction of sp³-hybridized carbons (Fsp3) is 0.600. The average molecular weight is 506 g/mol. The van der Waals surface area contributed by atoms with E-state index in [4.69, 9.17) is 4.74 Å². The van der Waals surface area contributed by atoms with Gasteiger partial charge in [0.25, 0.3) is 0 Å². The summed E-state index contributed by atoms with van der Waals surface area (Å²) in [5.74, 6) is 0.972. The van der Waals surface area contributed by atoms with Crippen molar-refractivity contribution in [1.82, 2.24) is 15.5 Å². The number of halogens is 2. The van der Waals surface area contributed by atoms with Crippen LogP contribution in [0.3, 0.4) is 0 Å². The van der Waals surface area contributed by atoms with Gasteiger partial charge in [-0.2, -0.15) is 0 Å². The molecule has 1 saturated carbocycles. The molecule has 8 heteroatoms. The van der Waals surface area contributed by atoms with E-state index in [1.807, 2.05) is 6.92 Å². The summed E-state index contributed by atoms with van der Waals surface area (Å²) in [4.78, 5) is 18.5. The quantitative estimate of drug-likeness (QED) is 0.339. The zero-order valence-corrected chi connectivity index (χ0v) is 19.5. The van der Waals surface area contributed by atoms with E-state index in [2.05, 4.69) is 15.6 Å². The molecule has 1 aromatic rings. The molecule has 0 saturated heterocycles. The van der Waals surface area contributed by atoms with Crippen LogP contribution in [0.5, 0.6) is 5.75 Å². The highest BCUT2D eigenvalue weighted by molar-refractivity contribution is 14.0. The smallest absolute Gasteiger partial charge is 0.230 e. The van der Waals surface area contributed by atoms with Gasteiger partial charge in [-0.15, -0.1) is 24.0 Å². The minimum atomic E-state index is -0.356. The summed E-state index contributed by atoms with van der Waals surface area (Å²) in [5, 5.41) is 6.50. The third-order valence-electron chi connectivity index (χ3n) is 4.93. The number of carbonyl (C=O) groups excluding carboxylic acids is 1. The Hall–Kier alpha value is -1.58. The van der Waals surface area contributed by atoms with Crippen molar-refractivity contribution in [3.8, 4) is 5.75 Å². The summed E-state index contributed by atoms with van der Waals surface area (Å²) < 4.78 is 18.9. The van der Waals surface area contributed by atoms with Crippen LogP contribution in [0.2, 0.25) is 0 Å². The zero-order chi connectivity index (χ0) is 19.9. The summed E-state index contributed by atoms with van der Waals surface area (Å²) in [7, 11) is 5.31. The first kappa shape index (κ1) is 24.5. The lowest BCUT2D eigenvalue weighted by Crippen LogP contribution is -2.50. The Morgan fingerprint density at radius 3 is 2.57 bits per heavy atom. The van der Waals surface area contributed by atoms with Crippen LogP contribution in [-0.2, 0) is 4.79 Å². The second kappa shape index (κ2) is 11.4. The summed E-state index contributed by atoms with van der Waals surface area (Å²) in [5.41, 5.74) is -0.356. The maximum atomic E-state index is 13.2. The first-order valence-corrected chi connectivity index (χ1v) is 9.45. The maximum absolute atomic E-state index is 13.2. The Labute approximate surface area is 184 Å². The number of benzene rings is 1. The van der Waals surface area contributed by atoms with Gasteiger partial charge in [0.1, 0.15) is 17.7 Å². The first-order valence-electron chi connectivity index (χ1n) is 9.45. The van der Waals surface area contributed by atoms with Crippen molar-refractivity contribution in [2.75, 3.05) is 34.2 Å². The van der Waals surface area contributed by atoms with Crippen molar-refractivity contribution in [3.63, 3.8) is 0 Å².